The Morgan fingerprint density at radius 1 is 1.29 bits per heavy atom. The summed E-state index contributed by atoms with van der Waals surface area (Å²) >= 11 is 0. The first-order chi connectivity index (χ1) is 14.7. The summed E-state index contributed by atoms with van der Waals surface area (Å²) in [6.07, 6.45) is 3.02. The third kappa shape index (κ3) is 4.62. The number of ketones is 1. The first-order valence-corrected chi connectivity index (χ1v) is 9.78. The van der Waals surface area contributed by atoms with E-state index in [9.17, 15) is 23.6 Å². The van der Waals surface area contributed by atoms with Gasteiger partial charge in [0.05, 0.1) is 12.6 Å². The number of carboxylic acids is 1. The van der Waals surface area contributed by atoms with E-state index in [1.54, 1.807) is 30.9 Å². The predicted octanol–water partition coefficient (Wildman–Crippen LogP) is 1.32. The molecule has 1 aliphatic heterocycles. The number of fused-ring (bicyclic) bond motifs is 1. The first kappa shape index (κ1) is 22.1. The van der Waals surface area contributed by atoms with Gasteiger partial charge < -0.3 is 15.3 Å². The zero-order chi connectivity index (χ0) is 22.7. The highest BCUT2D eigenvalue weighted by Gasteiger charge is 2.37. The number of nitrogens with one attached hydrogen (secondary N) is 1. The number of aryl methyl sites for hydroxylation is 1. The van der Waals surface area contributed by atoms with E-state index in [2.05, 4.69) is 10.4 Å². The molecule has 2 atom stereocenters. The van der Waals surface area contributed by atoms with E-state index in [1.165, 1.54) is 4.90 Å². The van der Waals surface area contributed by atoms with Gasteiger partial charge in [0.25, 0.3) is 5.91 Å². The first-order valence-electron chi connectivity index (χ1n) is 9.78. The summed E-state index contributed by atoms with van der Waals surface area (Å²) in [5.74, 6) is -3.39. The molecule has 9 nitrogen and oxygen atoms in total. The number of hydrogen-bond donors (Lipinski definition) is 2. The molecular weight excluding hydrogens is 407 g/mol. The number of amides is 2. The zero-order valence-corrected chi connectivity index (χ0v) is 17.2. The van der Waals surface area contributed by atoms with E-state index in [0.29, 0.717) is 5.56 Å². The molecule has 2 N–H and O–H groups in total. The van der Waals surface area contributed by atoms with Crippen LogP contribution in [0, 0.1) is 0 Å². The van der Waals surface area contributed by atoms with Crippen molar-refractivity contribution in [2.24, 2.45) is 7.05 Å². The maximum absolute atomic E-state index is 13.0. The van der Waals surface area contributed by atoms with Crippen LogP contribution in [0.2, 0.25) is 0 Å². The maximum Gasteiger partial charge on any atom is 0.305 e. The Balaban J connectivity index is 1.80. The van der Waals surface area contributed by atoms with Gasteiger partial charge >= 0.3 is 5.97 Å². The quantitative estimate of drug-likeness (QED) is 0.619. The number of benzene rings is 1. The highest BCUT2D eigenvalue weighted by molar-refractivity contribution is 6.02. The summed E-state index contributed by atoms with van der Waals surface area (Å²) in [6.45, 7) is 0.513. The molecule has 2 amide bonds. The van der Waals surface area contributed by atoms with Crippen LogP contribution in [-0.2, 0) is 28.0 Å². The van der Waals surface area contributed by atoms with Gasteiger partial charge in [0.2, 0.25) is 5.91 Å². The number of Topliss-reactive ketones (excluding diaryl/α,β-unsaturated/α-hetero) is 1. The van der Waals surface area contributed by atoms with E-state index >= 15 is 0 Å². The van der Waals surface area contributed by atoms with Gasteiger partial charge in [-0.15, -0.1) is 0 Å². The Hall–Kier alpha value is -3.56. The zero-order valence-electron chi connectivity index (χ0n) is 17.2. The Morgan fingerprint density at radius 2 is 2.03 bits per heavy atom. The standard InChI is InChI=1S/C21H23FN4O5/c1-3-17(20(30)24-16(7-19(28)29)18(27)8-22)26-11-13-5-4-12(6-15(13)21(26)31)14-9-23-25(2)10-14/h4-6,9-10,16-17H,3,7-8,11H2,1-2H3,(H,24,30)(H,28,29). The molecule has 0 spiro atoms. The Bertz CT molecular complexity index is 1030. The van der Waals surface area contributed by atoms with Crippen LogP contribution < -0.4 is 5.32 Å². The summed E-state index contributed by atoms with van der Waals surface area (Å²) in [4.78, 5) is 49.9. The molecule has 0 saturated carbocycles. The number of alkyl halides is 1. The van der Waals surface area contributed by atoms with E-state index < -0.39 is 42.8 Å². The number of halogens is 1. The molecule has 31 heavy (non-hydrogen) atoms. The second kappa shape index (κ2) is 9.07. The number of aromatic nitrogens is 2. The van der Waals surface area contributed by atoms with Gasteiger partial charge in [0, 0.05) is 30.9 Å². The van der Waals surface area contributed by atoms with Crippen LogP contribution >= 0.6 is 0 Å². The second-order valence-corrected chi connectivity index (χ2v) is 7.39. The molecule has 2 unspecified atom stereocenters. The number of aliphatic carboxylic acids is 1. The van der Waals surface area contributed by atoms with Crippen molar-refractivity contribution in [1.82, 2.24) is 20.0 Å². The van der Waals surface area contributed by atoms with Crippen molar-refractivity contribution in [3.05, 3.63) is 41.7 Å². The van der Waals surface area contributed by atoms with Gasteiger partial charge in [-0.2, -0.15) is 5.10 Å². The number of hydrogen-bond acceptors (Lipinski definition) is 5. The van der Waals surface area contributed by atoms with E-state index in [4.69, 9.17) is 5.11 Å². The second-order valence-electron chi connectivity index (χ2n) is 7.39. The van der Waals surface area contributed by atoms with E-state index in [-0.39, 0.29) is 18.9 Å². The lowest BCUT2D eigenvalue weighted by Gasteiger charge is -2.27. The van der Waals surface area contributed by atoms with Crippen molar-refractivity contribution in [3.8, 4) is 11.1 Å². The average molecular weight is 430 g/mol. The lowest BCUT2D eigenvalue weighted by Crippen LogP contribution is -2.52. The SMILES string of the molecule is CCC(C(=O)NC(CC(=O)O)C(=O)CF)N1Cc2ccc(-c3cnn(C)c3)cc2C1=O. The van der Waals surface area contributed by atoms with Crippen molar-refractivity contribution in [2.45, 2.75) is 38.4 Å². The molecule has 1 aliphatic rings. The topological polar surface area (TPSA) is 122 Å². The van der Waals surface area contributed by atoms with Gasteiger partial charge in [-0.1, -0.05) is 19.1 Å². The molecule has 164 valence electrons. The van der Waals surface area contributed by atoms with E-state index in [0.717, 1.165) is 16.7 Å². The third-order valence-electron chi connectivity index (χ3n) is 5.26. The third-order valence-corrected chi connectivity index (χ3v) is 5.26. The van der Waals surface area contributed by atoms with Gasteiger partial charge in [0.1, 0.15) is 18.8 Å². The molecule has 2 heterocycles. The largest absolute Gasteiger partial charge is 0.481 e. The summed E-state index contributed by atoms with van der Waals surface area (Å²) in [5, 5.41) is 15.4. The predicted molar refractivity (Wildman–Crippen MR) is 108 cm³/mol. The molecule has 3 rings (SSSR count). The van der Waals surface area contributed by atoms with Crippen LogP contribution in [0.1, 0.15) is 35.7 Å². The summed E-state index contributed by atoms with van der Waals surface area (Å²) in [5.41, 5.74) is 2.89. The Morgan fingerprint density at radius 3 is 2.61 bits per heavy atom. The molecule has 1 aromatic heterocycles. The Labute approximate surface area is 177 Å². The molecule has 0 radical (unpaired) electrons. The smallest absolute Gasteiger partial charge is 0.305 e. The Kier molecular flexibility index (Phi) is 6.47. The van der Waals surface area contributed by atoms with Crippen LogP contribution in [-0.4, -0.2) is 62.1 Å². The molecule has 0 aliphatic carbocycles. The summed E-state index contributed by atoms with van der Waals surface area (Å²) in [7, 11) is 1.79. The van der Waals surface area contributed by atoms with Gasteiger partial charge in [-0.25, -0.2) is 4.39 Å². The van der Waals surface area contributed by atoms with Crippen LogP contribution in [0.4, 0.5) is 4.39 Å². The molecular formula is C21H23FN4O5. The molecule has 2 aromatic rings. The fourth-order valence-corrected chi connectivity index (χ4v) is 3.65. The van der Waals surface area contributed by atoms with E-state index in [1.807, 2.05) is 18.3 Å². The minimum atomic E-state index is -1.48. The fourth-order valence-electron chi connectivity index (χ4n) is 3.65. The van der Waals surface area contributed by atoms with Crippen LogP contribution in [0.5, 0.6) is 0 Å². The van der Waals surface area contributed by atoms with Crippen molar-refractivity contribution in [1.29, 1.82) is 0 Å². The lowest BCUT2D eigenvalue weighted by atomic mass is 10.0. The van der Waals surface area contributed by atoms with Crippen molar-refractivity contribution >= 4 is 23.6 Å². The van der Waals surface area contributed by atoms with Gasteiger partial charge in [-0.3, -0.25) is 23.9 Å². The summed E-state index contributed by atoms with van der Waals surface area (Å²) in [6, 6.07) is 3.03. The molecule has 0 bridgehead atoms. The van der Waals surface area contributed by atoms with Gasteiger partial charge in [-0.05, 0) is 23.6 Å². The van der Waals surface area contributed by atoms with Crippen molar-refractivity contribution in [3.63, 3.8) is 0 Å². The monoisotopic (exact) mass is 430 g/mol. The number of carboxylic acid groups (broad SMARTS) is 1. The van der Waals surface area contributed by atoms with Crippen molar-refractivity contribution in [2.75, 3.05) is 6.67 Å². The minimum Gasteiger partial charge on any atom is -0.481 e. The highest BCUT2D eigenvalue weighted by atomic mass is 19.1. The average Bonchev–Trinajstić information content (AvgIpc) is 3.30. The van der Waals surface area contributed by atoms with Crippen LogP contribution in [0.15, 0.2) is 30.6 Å². The van der Waals surface area contributed by atoms with Crippen molar-refractivity contribution < 1.29 is 28.7 Å². The number of carbonyl (C=O) groups is 4. The highest BCUT2D eigenvalue weighted by Crippen LogP contribution is 2.30. The number of nitrogens with zero attached hydrogens (tertiary/aromatic N) is 3. The van der Waals surface area contributed by atoms with Gasteiger partial charge in [0.15, 0.2) is 5.78 Å². The summed E-state index contributed by atoms with van der Waals surface area (Å²) < 4.78 is 14.4. The van der Waals surface area contributed by atoms with Crippen LogP contribution in [0.3, 0.4) is 0 Å². The molecule has 0 fully saturated rings. The number of carbonyl (C=O) groups excluding carboxylic acids is 3. The lowest BCUT2D eigenvalue weighted by molar-refractivity contribution is -0.140. The normalized spacial score (nSPS) is 14.8. The number of rotatable bonds is 9. The molecule has 1 aromatic carbocycles. The fraction of sp³-hybridized carbons (Fsp3) is 0.381. The maximum atomic E-state index is 13.0. The molecule has 0 saturated heterocycles. The van der Waals surface area contributed by atoms with Crippen LogP contribution in [0.25, 0.3) is 11.1 Å². The molecule has 10 heteroatoms. The minimum absolute atomic E-state index is 0.202.